The van der Waals surface area contributed by atoms with E-state index in [0.717, 1.165) is 32.4 Å². The van der Waals surface area contributed by atoms with E-state index < -0.39 is 0 Å². The first-order valence-corrected chi connectivity index (χ1v) is 7.56. The highest BCUT2D eigenvalue weighted by molar-refractivity contribution is 5.27. The zero-order valence-electron chi connectivity index (χ0n) is 12.8. The van der Waals surface area contributed by atoms with Crippen molar-refractivity contribution < 1.29 is 0 Å². The lowest BCUT2D eigenvalue weighted by molar-refractivity contribution is 0.580. The van der Waals surface area contributed by atoms with Gasteiger partial charge in [0.15, 0.2) is 0 Å². The van der Waals surface area contributed by atoms with Crippen LogP contribution in [0.2, 0.25) is 0 Å². The largest absolute Gasteiger partial charge is 0.316 e. The summed E-state index contributed by atoms with van der Waals surface area (Å²) >= 11 is 0. The minimum absolute atomic E-state index is 0.914. The fourth-order valence-electron chi connectivity index (χ4n) is 2.71. The first-order valence-electron chi connectivity index (χ1n) is 7.56. The number of nitrogens with one attached hydrogen (secondary N) is 1. The van der Waals surface area contributed by atoms with Gasteiger partial charge in [-0.1, -0.05) is 44.2 Å². The number of rotatable bonds is 7. The van der Waals surface area contributed by atoms with E-state index in [1.807, 2.05) is 7.05 Å². The Morgan fingerprint density at radius 1 is 1.10 bits per heavy atom. The second kappa shape index (κ2) is 7.25. The molecule has 1 aromatic heterocycles. The average Bonchev–Trinajstić information content (AvgIpc) is 2.83. The summed E-state index contributed by atoms with van der Waals surface area (Å²) in [6, 6.07) is 10.6. The Hall–Kier alpha value is -1.61. The van der Waals surface area contributed by atoms with Gasteiger partial charge >= 0.3 is 0 Å². The van der Waals surface area contributed by atoms with Crippen LogP contribution >= 0.6 is 0 Å². The van der Waals surface area contributed by atoms with Crippen molar-refractivity contribution >= 4 is 0 Å². The maximum Gasteiger partial charge on any atom is 0.0669 e. The predicted octanol–water partition coefficient (Wildman–Crippen LogP) is 2.97. The molecule has 1 aromatic carbocycles. The molecule has 0 aliphatic heterocycles. The number of benzene rings is 1. The van der Waals surface area contributed by atoms with Gasteiger partial charge in [0.05, 0.1) is 5.69 Å². The second-order valence-corrected chi connectivity index (χ2v) is 5.07. The number of nitrogens with zero attached hydrogens (tertiary/aromatic N) is 2. The smallest absolute Gasteiger partial charge is 0.0669 e. The second-order valence-electron chi connectivity index (χ2n) is 5.07. The zero-order valence-corrected chi connectivity index (χ0v) is 12.8. The van der Waals surface area contributed by atoms with Crippen LogP contribution in [-0.4, -0.2) is 16.8 Å². The summed E-state index contributed by atoms with van der Waals surface area (Å²) < 4.78 is 2.21. The lowest BCUT2D eigenvalue weighted by atomic mass is 10.1. The monoisotopic (exact) mass is 271 g/mol. The van der Waals surface area contributed by atoms with Crippen molar-refractivity contribution in [1.82, 2.24) is 15.1 Å². The SMILES string of the molecule is CCc1nn(CCc2ccccc2)c(CC)c1CNC. The zero-order chi connectivity index (χ0) is 14.4. The van der Waals surface area contributed by atoms with E-state index in [-0.39, 0.29) is 0 Å². The Labute approximate surface area is 122 Å². The molecule has 0 radical (unpaired) electrons. The third-order valence-electron chi connectivity index (χ3n) is 3.73. The van der Waals surface area contributed by atoms with Gasteiger partial charge in [0, 0.05) is 24.3 Å². The summed E-state index contributed by atoms with van der Waals surface area (Å²) in [7, 11) is 2.00. The molecule has 3 heteroatoms. The van der Waals surface area contributed by atoms with E-state index in [0.29, 0.717) is 0 Å². The summed E-state index contributed by atoms with van der Waals surface area (Å²) in [5.41, 5.74) is 5.39. The summed E-state index contributed by atoms with van der Waals surface area (Å²) in [6.07, 6.45) is 3.08. The summed E-state index contributed by atoms with van der Waals surface area (Å²) in [4.78, 5) is 0. The van der Waals surface area contributed by atoms with Crippen molar-refractivity contribution in [2.24, 2.45) is 0 Å². The molecule has 0 amide bonds. The molecule has 1 N–H and O–H groups in total. The molecule has 0 saturated carbocycles. The van der Waals surface area contributed by atoms with E-state index in [2.05, 4.69) is 54.2 Å². The Balaban J connectivity index is 2.18. The van der Waals surface area contributed by atoms with Crippen LogP contribution in [0.4, 0.5) is 0 Å². The van der Waals surface area contributed by atoms with E-state index in [1.54, 1.807) is 0 Å². The van der Waals surface area contributed by atoms with E-state index in [4.69, 9.17) is 5.10 Å². The van der Waals surface area contributed by atoms with Crippen LogP contribution in [-0.2, 0) is 32.4 Å². The maximum atomic E-state index is 4.81. The Morgan fingerprint density at radius 2 is 1.85 bits per heavy atom. The molecule has 0 spiro atoms. The number of aryl methyl sites for hydroxylation is 3. The molecule has 0 atom stereocenters. The maximum absolute atomic E-state index is 4.81. The molecular formula is C17H25N3. The molecule has 0 aliphatic rings. The van der Waals surface area contributed by atoms with Crippen molar-refractivity contribution in [2.45, 2.75) is 46.2 Å². The minimum atomic E-state index is 0.914. The van der Waals surface area contributed by atoms with Crippen molar-refractivity contribution in [3.05, 3.63) is 52.8 Å². The molecule has 20 heavy (non-hydrogen) atoms. The van der Waals surface area contributed by atoms with Gasteiger partial charge in [0.1, 0.15) is 0 Å². The predicted molar refractivity (Wildman–Crippen MR) is 83.9 cm³/mol. The van der Waals surface area contributed by atoms with Crippen molar-refractivity contribution in [2.75, 3.05) is 7.05 Å². The molecule has 3 nitrogen and oxygen atoms in total. The van der Waals surface area contributed by atoms with Gasteiger partial charge in [-0.3, -0.25) is 4.68 Å². The topological polar surface area (TPSA) is 29.9 Å². The van der Waals surface area contributed by atoms with Gasteiger partial charge in [0.2, 0.25) is 0 Å². The van der Waals surface area contributed by atoms with Gasteiger partial charge in [-0.2, -0.15) is 5.10 Å². The van der Waals surface area contributed by atoms with Crippen LogP contribution in [0, 0.1) is 0 Å². The van der Waals surface area contributed by atoms with E-state index in [9.17, 15) is 0 Å². The molecule has 0 saturated heterocycles. The third kappa shape index (κ3) is 3.28. The molecule has 2 rings (SSSR count). The van der Waals surface area contributed by atoms with Crippen LogP contribution in [0.15, 0.2) is 30.3 Å². The van der Waals surface area contributed by atoms with Gasteiger partial charge < -0.3 is 5.32 Å². The van der Waals surface area contributed by atoms with Crippen LogP contribution in [0.25, 0.3) is 0 Å². The van der Waals surface area contributed by atoms with Crippen LogP contribution in [0.5, 0.6) is 0 Å². The van der Waals surface area contributed by atoms with Crippen LogP contribution in [0.3, 0.4) is 0 Å². The van der Waals surface area contributed by atoms with E-state index >= 15 is 0 Å². The Bertz CT molecular complexity index is 529. The van der Waals surface area contributed by atoms with Gasteiger partial charge in [0.25, 0.3) is 0 Å². The van der Waals surface area contributed by atoms with Gasteiger partial charge in [-0.25, -0.2) is 0 Å². The van der Waals surface area contributed by atoms with Crippen LogP contribution in [0.1, 0.15) is 36.4 Å². The number of hydrogen-bond acceptors (Lipinski definition) is 2. The van der Waals surface area contributed by atoms with Crippen LogP contribution < -0.4 is 5.32 Å². The average molecular weight is 271 g/mol. The highest BCUT2D eigenvalue weighted by atomic mass is 15.3. The minimum Gasteiger partial charge on any atom is -0.316 e. The van der Waals surface area contributed by atoms with Gasteiger partial charge in [-0.05, 0) is 31.9 Å². The molecule has 0 unspecified atom stereocenters. The molecular weight excluding hydrogens is 246 g/mol. The molecule has 1 heterocycles. The quantitative estimate of drug-likeness (QED) is 0.839. The van der Waals surface area contributed by atoms with Crippen molar-refractivity contribution in [3.8, 4) is 0 Å². The van der Waals surface area contributed by atoms with E-state index in [1.165, 1.54) is 22.5 Å². The third-order valence-corrected chi connectivity index (χ3v) is 3.73. The summed E-state index contributed by atoms with van der Waals surface area (Å²) in [5.74, 6) is 0. The summed E-state index contributed by atoms with van der Waals surface area (Å²) in [6.45, 7) is 6.28. The molecule has 0 bridgehead atoms. The summed E-state index contributed by atoms with van der Waals surface area (Å²) in [5, 5.41) is 8.08. The highest BCUT2D eigenvalue weighted by Crippen LogP contribution is 2.17. The molecule has 2 aromatic rings. The molecule has 0 aliphatic carbocycles. The van der Waals surface area contributed by atoms with Crippen molar-refractivity contribution in [3.63, 3.8) is 0 Å². The lowest BCUT2D eigenvalue weighted by Gasteiger charge is -2.08. The lowest BCUT2D eigenvalue weighted by Crippen LogP contribution is -2.11. The highest BCUT2D eigenvalue weighted by Gasteiger charge is 2.14. The standard InChI is InChI=1S/C17H25N3/c1-4-16-15(13-18-3)17(5-2)20(19-16)12-11-14-9-7-6-8-10-14/h6-10,18H,4-5,11-13H2,1-3H3. The van der Waals surface area contributed by atoms with Gasteiger partial charge in [-0.15, -0.1) is 0 Å². The fraction of sp³-hybridized carbons (Fsp3) is 0.471. The Morgan fingerprint density at radius 3 is 2.45 bits per heavy atom. The first kappa shape index (κ1) is 14.8. The van der Waals surface area contributed by atoms with Crippen molar-refractivity contribution in [1.29, 1.82) is 0 Å². The molecule has 108 valence electrons. The number of aromatic nitrogens is 2. The number of hydrogen-bond donors (Lipinski definition) is 1. The fourth-order valence-corrected chi connectivity index (χ4v) is 2.71. The normalized spacial score (nSPS) is 10.9. The Kier molecular flexibility index (Phi) is 5.36. The first-order chi connectivity index (χ1) is 9.80. The molecule has 0 fully saturated rings.